The van der Waals surface area contributed by atoms with Crippen LogP contribution in [0.25, 0.3) is 0 Å². The highest BCUT2D eigenvalue weighted by Crippen LogP contribution is 2.26. The Morgan fingerprint density at radius 3 is 2.41 bits per heavy atom. The Kier molecular flexibility index (Phi) is 5.77. The molecule has 1 aliphatic rings. The lowest BCUT2D eigenvalue weighted by atomic mass is 9.88. The standard InChI is InChI=1S/C16H20O6/c1-11-7-9-13(10-8-11)15(17)20-22-21-16(18)19-14-6-4-3-5-12(14)2/h7-10,12,14H,3-6H2,1-2H3. The monoisotopic (exact) mass is 308 g/mol. The fourth-order valence-electron chi connectivity index (χ4n) is 2.41. The second-order valence-electron chi connectivity index (χ2n) is 5.56. The largest absolute Gasteiger partial charge is 0.543 e. The molecule has 1 saturated carbocycles. The minimum atomic E-state index is -1.00. The van der Waals surface area contributed by atoms with Crippen molar-refractivity contribution >= 4 is 12.1 Å². The summed E-state index contributed by atoms with van der Waals surface area (Å²) in [6, 6.07) is 6.69. The first-order valence-electron chi connectivity index (χ1n) is 7.39. The molecule has 0 bridgehead atoms. The van der Waals surface area contributed by atoms with Gasteiger partial charge in [0, 0.05) is 0 Å². The van der Waals surface area contributed by atoms with Gasteiger partial charge in [-0.3, -0.25) is 4.89 Å². The third-order valence-corrected chi connectivity index (χ3v) is 3.78. The molecule has 0 aliphatic heterocycles. The van der Waals surface area contributed by atoms with E-state index >= 15 is 0 Å². The normalized spacial score (nSPS) is 21.0. The lowest BCUT2D eigenvalue weighted by Crippen LogP contribution is -2.28. The maximum absolute atomic E-state index is 11.6. The molecule has 0 heterocycles. The van der Waals surface area contributed by atoms with Crippen LogP contribution in [0.2, 0.25) is 0 Å². The summed E-state index contributed by atoms with van der Waals surface area (Å²) in [5.41, 5.74) is 1.31. The lowest BCUT2D eigenvalue weighted by Gasteiger charge is -2.27. The Bertz CT molecular complexity index is 510. The predicted molar refractivity (Wildman–Crippen MR) is 76.7 cm³/mol. The number of hydrogen-bond acceptors (Lipinski definition) is 6. The third-order valence-electron chi connectivity index (χ3n) is 3.78. The molecule has 1 aromatic rings. The molecule has 120 valence electrons. The molecule has 0 N–H and O–H groups in total. The molecule has 22 heavy (non-hydrogen) atoms. The third kappa shape index (κ3) is 4.73. The van der Waals surface area contributed by atoms with Gasteiger partial charge in [-0.25, -0.2) is 14.5 Å². The summed E-state index contributed by atoms with van der Waals surface area (Å²) in [6.45, 7) is 3.92. The van der Waals surface area contributed by atoms with Crippen LogP contribution in [0.15, 0.2) is 24.3 Å². The summed E-state index contributed by atoms with van der Waals surface area (Å²) >= 11 is 0. The number of benzene rings is 1. The lowest BCUT2D eigenvalue weighted by molar-refractivity contribution is -0.453. The first-order chi connectivity index (χ1) is 10.6. The molecule has 0 saturated heterocycles. The van der Waals surface area contributed by atoms with Crippen molar-refractivity contribution in [2.45, 2.75) is 45.6 Å². The van der Waals surface area contributed by atoms with Crippen molar-refractivity contribution in [3.63, 3.8) is 0 Å². The van der Waals surface area contributed by atoms with E-state index in [1.54, 1.807) is 24.3 Å². The van der Waals surface area contributed by atoms with Gasteiger partial charge in [0.25, 0.3) is 0 Å². The van der Waals surface area contributed by atoms with Gasteiger partial charge in [-0.1, -0.05) is 31.0 Å². The van der Waals surface area contributed by atoms with Crippen LogP contribution in [-0.2, 0) is 19.6 Å². The maximum Gasteiger partial charge on any atom is 0.543 e. The summed E-state index contributed by atoms with van der Waals surface area (Å²) in [5.74, 6) is -0.463. The van der Waals surface area contributed by atoms with Gasteiger partial charge in [-0.2, -0.15) is 0 Å². The maximum atomic E-state index is 11.6. The van der Waals surface area contributed by atoms with Crippen LogP contribution in [0.4, 0.5) is 4.79 Å². The smallest absolute Gasteiger partial charge is 0.429 e. The van der Waals surface area contributed by atoms with Gasteiger partial charge in [0.15, 0.2) is 0 Å². The average Bonchev–Trinajstić information content (AvgIpc) is 2.50. The quantitative estimate of drug-likeness (QED) is 0.479. The van der Waals surface area contributed by atoms with Gasteiger partial charge < -0.3 is 4.74 Å². The molecule has 2 unspecified atom stereocenters. The number of ether oxygens (including phenoxy) is 1. The predicted octanol–water partition coefficient (Wildman–Crippen LogP) is 3.73. The molecular formula is C16H20O6. The molecule has 0 radical (unpaired) electrons. The number of carbonyl (C=O) groups excluding carboxylic acids is 2. The Hall–Kier alpha value is -2.08. The van der Waals surface area contributed by atoms with E-state index in [0.29, 0.717) is 5.56 Å². The molecule has 6 heteroatoms. The Labute approximate surface area is 129 Å². The van der Waals surface area contributed by atoms with E-state index in [0.717, 1.165) is 31.2 Å². The minimum Gasteiger partial charge on any atom is -0.429 e. The van der Waals surface area contributed by atoms with Crippen LogP contribution in [-0.4, -0.2) is 18.2 Å². The Morgan fingerprint density at radius 2 is 1.73 bits per heavy atom. The van der Waals surface area contributed by atoms with Crippen molar-refractivity contribution in [3.05, 3.63) is 35.4 Å². The first kappa shape index (κ1) is 16.3. The number of aryl methyl sites for hydroxylation is 1. The van der Waals surface area contributed by atoms with E-state index in [4.69, 9.17) is 4.74 Å². The van der Waals surface area contributed by atoms with Crippen LogP contribution < -0.4 is 0 Å². The van der Waals surface area contributed by atoms with Crippen molar-refractivity contribution in [3.8, 4) is 0 Å². The van der Waals surface area contributed by atoms with E-state index in [1.807, 2.05) is 13.8 Å². The molecular weight excluding hydrogens is 288 g/mol. The molecule has 2 rings (SSSR count). The molecule has 0 spiro atoms. The van der Waals surface area contributed by atoms with Crippen LogP contribution >= 0.6 is 0 Å². The van der Waals surface area contributed by atoms with Crippen LogP contribution in [0.1, 0.15) is 48.5 Å². The molecule has 2 atom stereocenters. The SMILES string of the molecule is Cc1ccc(C(=O)OOOC(=O)OC2CCCCC2C)cc1. The zero-order valence-corrected chi connectivity index (χ0v) is 12.7. The summed E-state index contributed by atoms with van der Waals surface area (Å²) in [4.78, 5) is 31.8. The van der Waals surface area contributed by atoms with Crippen molar-refractivity contribution < 1.29 is 29.1 Å². The highest BCUT2D eigenvalue weighted by molar-refractivity contribution is 5.88. The van der Waals surface area contributed by atoms with Gasteiger partial charge in [0.05, 0.1) is 10.6 Å². The highest BCUT2D eigenvalue weighted by atomic mass is 17.5. The van der Waals surface area contributed by atoms with Crippen molar-refractivity contribution in [2.75, 3.05) is 0 Å². The molecule has 1 aliphatic carbocycles. The number of carbonyl (C=O) groups is 2. The van der Waals surface area contributed by atoms with Gasteiger partial charge in [0.2, 0.25) is 0 Å². The fraction of sp³-hybridized carbons (Fsp3) is 0.500. The second kappa shape index (κ2) is 7.79. The summed E-state index contributed by atoms with van der Waals surface area (Å²) in [6.07, 6.45) is 2.79. The molecule has 1 aromatic carbocycles. The van der Waals surface area contributed by atoms with Gasteiger partial charge in [0.1, 0.15) is 6.10 Å². The second-order valence-corrected chi connectivity index (χ2v) is 5.56. The topological polar surface area (TPSA) is 71.1 Å². The Morgan fingerprint density at radius 1 is 1.05 bits per heavy atom. The fourth-order valence-corrected chi connectivity index (χ4v) is 2.41. The molecule has 6 nitrogen and oxygen atoms in total. The van der Waals surface area contributed by atoms with Crippen LogP contribution in [0.5, 0.6) is 0 Å². The zero-order chi connectivity index (χ0) is 15.9. The number of rotatable bonds is 4. The highest BCUT2D eigenvalue weighted by Gasteiger charge is 2.26. The zero-order valence-electron chi connectivity index (χ0n) is 12.7. The van der Waals surface area contributed by atoms with Crippen molar-refractivity contribution in [1.29, 1.82) is 0 Å². The van der Waals surface area contributed by atoms with Crippen molar-refractivity contribution in [2.24, 2.45) is 5.92 Å². The molecule has 1 fully saturated rings. The van der Waals surface area contributed by atoms with E-state index in [9.17, 15) is 9.59 Å². The van der Waals surface area contributed by atoms with E-state index < -0.39 is 12.1 Å². The Balaban J connectivity index is 1.70. The molecule has 0 aromatic heterocycles. The van der Waals surface area contributed by atoms with Crippen molar-refractivity contribution in [1.82, 2.24) is 0 Å². The van der Waals surface area contributed by atoms with Crippen LogP contribution in [0, 0.1) is 12.8 Å². The van der Waals surface area contributed by atoms with E-state index in [-0.39, 0.29) is 12.0 Å². The molecule has 0 amide bonds. The number of hydrogen-bond donors (Lipinski definition) is 0. The van der Waals surface area contributed by atoms with Gasteiger partial charge in [-0.15, -0.1) is 0 Å². The first-order valence-corrected chi connectivity index (χ1v) is 7.39. The van der Waals surface area contributed by atoms with Gasteiger partial charge in [-0.05, 0) is 44.2 Å². The van der Waals surface area contributed by atoms with Crippen LogP contribution in [0.3, 0.4) is 0 Å². The van der Waals surface area contributed by atoms with Gasteiger partial charge >= 0.3 is 12.1 Å². The average molecular weight is 308 g/mol. The minimum absolute atomic E-state index is 0.183. The summed E-state index contributed by atoms with van der Waals surface area (Å²) < 4.78 is 5.13. The summed E-state index contributed by atoms with van der Waals surface area (Å²) in [5, 5.41) is 4.19. The van der Waals surface area contributed by atoms with E-state index in [1.165, 1.54) is 0 Å². The summed E-state index contributed by atoms with van der Waals surface area (Å²) in [7, 11) is 0. The van der Waals surface area contributed by atoms with E-state index in [2.05, 4.69) is 14.8 Å².